The predicted octanol–water partition coefficient (Wildman–Crippen LogP) is 3.70. The van der Waals surface area contributed by atoms with Crippen LogP contribution in [0.5, 0.6) is 0 Å². The summed E-state index contributed by atoms with van der Waals surface area (Å²) in [6.07, 6.45) is -1.05. The van der Waals surface area contributed by atoms with E-state index < -0.39 is 22.9 Å². The maximum atomic E-state index is 12.3. The van der Waals surface area contributed by atoms with Gasteiger partial charge in [-0.3, -0.25) is 14.9 Å². The monoisotopic (exact) mass is 356 g/mol. The van der Waals surface area contributed by atoms with Crippen molar-refractivity contribution in [2.75, 3.05) is 5.32 Å². The van der Waals surface area contributed by atoms with Crippen molar-refractivity contribution in [1.82, 2.24) is 0 Å². The minimum atomic E-state index is -1.05. The van der Waals surface area contributed by atoms with Gasteiger partial charge in [0, 0.05) is 17.3 Å². The summed E-state index contributed by atoms with van der Waals surface area (Å²) in [6, 6.07) is 9.78. The van der Waals surface area contributed by atoms with Crippen molar-refractivity contribution < 1.29 is 19.2 Å². The van der Waals surface area contributed by atoms with Crippen LogP contribution in [-0.2, 0) is 9.53 Å². The summed E-state index contributed by atoms with van der Waals surface area (Å²) in [4.78, 5) is 35.0. The molecule has 0 fully saturated rings. The number of hydrogen-bond donors (Lipinski definition) is 1. The number of esters is 1. The second-order valence-electron chi connectivity index (χ2n) is 6.06. The van der Waals surface area contributed by atoms with Crippen LogP contribution in [0.2, 0.25) is 0 Å². The third kappa shape index (κ3) is 4.24. The predicted molar refractivity (Wildman–Crippen MR) is 97.3 cm³/mol. The number of hydrogen-bond acceptors (Lipinski definition) is 5. The smallest absolute Gasteiger partial charge is 0.339 e. The number of nitro groups is 1. The van der Waals surface area contributed by atoms with Crippen LogP contribution < -0.4 is 5.32 Å². The van der Waals surface area contributed by atoms with Gasteiger partial charge in [-0.1, -0.05) is 18.2 Å². The van der Waals surface area contributed by atoms with E-state index in [4.69, 9.17) is 4.74 Å². The first-order valence-corrected chi connectivity index (χ1v) is 8.03. The number of anilines is 1. The lowest BCUT2D eigenvalue weighted by Gasteiger charge is -2.15. The molecule has 2 aromatic rings. The molecule has 0 radical (unpaired) electrons. The summed E-state index contributed by atoms with van der Waals surface area (Å²) in [5.41, 5.74) is 2.60. The second-order valence-corrected chi connectivity index (χ2v) is 6.06. The summed E-state index contributed by atoms with van der Waals surface area (Å²) in [7, 11) is 0. The van der Waals surface area contributed by atoms with Gasteiger partial charge >= 0.3 is 5.97 Å². The summed E-state index contributed by atoms with van der Waals surface area (Å²) in [6.45, 7) is 6.68. The maximum absolute atomic E-state index is 12.3. The van der Waals surface area contributed by atoms with Gasteiger partial charge in [-0.05, 0) is 51.0 Å². The van der Waals surface area contributed by atoms with Gasteiger partial charge in [-0.2, -0.15) is 0 Å². The van der Waals surface area contributed by atoms with Crippen LogP contribution in [-0.4, -0.2) is 22.9 Å². The minimum Gasteiger partial charge on any atom is -0.449 e. The van der Waals surface area contributed by atoms with Crippen molar-refractivity contribution in [2.45, 2.75) is 33.8 Å². The molecule has 0 aliphatic heterocycles. The molecule has 0 spiro atoms. The van der Waals surface area contributed by atoms with E-state index in [0.717, 1.165) is 11.1 Å². The molecule has 0 saturated carbocycles. The molecule has 1 amide bonds. The largest absolute Gasteiger partial charge is 0.449 e. The SMILES string of the molecule is Cc1ccc(C)c(NC(=O)[C@H](C)OC(=O)c2cccc([N+](=O)[O-])c2C)c1. The molecule has 7 heteroatoms. The minimum absolute atomic E-state index is 0.0607. The van der Waals surface area contributed by atoms with E-state index in [1.165, 1.54) is 32.0 Å². The number of aryl methyl sites for hydroxylation is 2. The van der Waals surface area contributed by atoms with Gasteiger partial charge in [-0.15, -0.1) is 0 Å². The highest BCUT2D eigenvalue weighted by atomic mass is 16.6. The van der Waals surface area contributed by atoms with Crippen LogP contribution in [0.25, 0.3) is 0 Å². The zero-order chi connectivity index (χ0) is 19.4. The highest BCUT2D eigenvalue weighted by molar-refractivity contribution is 5.98. The van der Waals surface area contributed by atoms with Crippen molar-refractivity contribution in [1.29, 1.82) is 0 Å². The van der Waals surface area contributed by atoms with Crippen LogP contribution in [0.4, 0.5) is 11.4 Å². The average molecular weight is 356 g/mol. The van der Waals surface area contributed by atoms with E-state index in [2.05, 4.69) is 5.32 Å². The molecule has 7 nitrogen and oxygen atoms in total. The molecule has 0 aliphatic carbocycles. The van der Waals surface area contributed by atoms with Gasteiger partial charge < -0.3 is 10.1 Å². The quantitative estimate of drug-likeness (QED) is 0.500. The topological polar surface area (TPSA) is 98.5 Å². The number of amides is 1. The Labute approximate surface area is 151 Å². The number of nitrogens with zero attached hydrogens (tertiary/aromatic N) is 1. The zero-order valence-electron chi connectivity index (χ0n) is 15.0. The molecule has 0 saturated heterocycles. The Morgan fingerprint density at radius 2 is 1.85 bits per heavy atom. The Bertz CT molecular complexity index is 876. The molecule has 1 atom stereocenters. The molecule has 1 N–H and O–H groups in total. The average Bonchev–Trinajstić information content (AvgIpc) is 2.57. The van der Waals surface area contributed by atoms with Crippen LogP contribution in [0.3, 0.4) is 0 Å². The number of ether oxygens (including phenoxy) is 1. The fourth-order valence-electron chi connectivity index (χ4n) is 2.42. The Hall–Kier alpha value is -3.22. The van der Waals surface area contributed by atoms with Crippen LogP contribution in [0.15, 0.2) is 36.4 Å². The van der Waals surface area contributed by atoms with Gasteiger partial charge in [0.15, 0.2) is 6.10 Å². The van der Waals surface area contributed by atoms with E-state index in [0.29, 0.717) is 5.69 Å². The first kappa shape index (κ1) is 19.1. The van der Waals surface area contributed by atoms with Crippen molar-refractivity contribution in [2.24, 2.45) is 0 Å². The van der Waals surface area contributed by atoms with Gasteiger partial charge in [0.05, 0.1) is 10.5 Å². The van der Waals surface area contributed by atoms with Gasteiger partial charge in [0.25, 0.3) is 11.6 Å². The third-order valence-corrected chi connectivity index (χ3v) is 4.03. The van der Waals surface area contributed by atoms with Crippen molar-refractivity contribution in [3.63, 3.8) is 0 Å². The summed E-state index contributed by atoms with van der Waals surface area (Å²) >= 11 is 0. The van der Waals surface area contributed by atoms with Crippen LogP contribution in [0.1, 0.15) is 34.0 Å². The molecular formula is C19H20N2O5. The lowest BCUT2D eigenvalue weighted by molar-refractivity contribution is -0.385. The van der Waals surface area contributed by atoms with Crippen molar-refractivity contribution in [3.05, 3.63) is 68.8 Å². The Morgan fingerprint density at radius 3 is 2.50 bits per heavy atom. The van der Waals surface area contributed by atoms with Crippen molar-refractivity contribution >= 4 is 23.3 Å². The fourth-order valence-corrected chi connectivity index (χ4v) is 2.42. The standard InChI is InChI=1S/C19H20N2O5/c1-11-8-9-12(2)16(10-11)20-18(22)14(4)26-19(23)15-6-5-7-17(13(15)3)21(24)25/h5-10,14H,1-4H3,(H,20,22)/t14-/m0/s1. The number of rotatable bonds is 5. The summed E-state index contributed by atoms with van der Waals surface area (Å²) in [5, 5.41) is 13.7. The molecule has 0 heterocycles. The highest BCUT2D eigenvalue weighted by Gasteiger charge is 2.23. The number of carbonyl (C=O) groups is 2. The molecule has 26 heavy (non-hydrogen) atoms. The second kappa shape index (κ2) is 7.77. The van der Waals surface area contributed by atoms with Crippen LogP contribution in [0, 0.1) is 30.9 Å². The zero-order valence-corrected chi connectivity index (χ0v) is 15.0. The summed E-state index contributed by atoms with van der Waals surface area (Å²) in [5.74, 6) is -1.26. The number of benzene rings is 2. The lowest BCUT2D eigenvalue weighted by atomic mass is 10.1. The normalized spacial score (nSPS) is 11.5. The van der Waals surface area contributed by atoms with E-state index >= 15 is 0 Å². The van der Waals surface area contributed by atoms with Gasteiger partial charge in [-0.25, -0.2) is 4.79 Å². The lowest BCUT2D eigenvalue weighted by Crippen LogP contribution is -2.30. The third-order valence-electron chi connectivity index (χ3n) is 4.03. The summed E-state index contributed by atoms with van der Waals surface area (Å²) < 4.78 is 5.18. The van der Waals surface area contributed by atoms with E-state index in [1.807, 2.05) is 32.0 Å². The number of carbonyl (C=O) groups excluding carboxylic acids is 2. The van der Waals surface area contributed by atoms with Crippen LogP contribution >= 0.6 is 0 Å². The first-order chi connectivity index (χ1) is 12.2. The van der Waals surface area contributed by atoms with Gasteiger partial charge in [0.1, 0.15) is 0 Å². The molecular weight excluding hydrogens is 336 g/mol. The van der Waals surface area contributed by atoms with Crippen molar-refractivity contribution in [3.8, 4) is 0 Å². The maximum Gasteiger partial charge on any atom is 0.339 e. The molecule has 2 aromatic carbocycles. The molecule has 0 aromatic heterocycles. The first-order valence-electron chi connectivity index (χ1n) is 8.03. The van der Waals surface area contributed by atoms with E-state index in [9.17, 15) is 19.7 Å². The Balaban J connectivity index is 2.12. The molecule has 0 unspecified atom stereocenters. The van der Waals surface area contributed by atoms with Gasteiger partial charge in [0.2, 0.25) is 0 Å². The Kier molecular flexibility index (Phi) is 5.71. The highest BCUT2D eigenvalue weighted by Crippen LogP contribution is 2.22. The Morgan fingerprint density at radius 1 is 1.15 bits per heavy atom. The molecule has 136 valence electrons. The molecule has 2 rings (SSSR count). The fraction of sp³-hybridized carbons (Fsp3) is 0.263. The molecule has 0 aliphatic rings. The number of nitro benzene ring substituents is 1. The number of nitrogens with one attached hydrogen (secondary N) is 1. The van der Waals surface area contributed by atoms with E-state index in [1.54, 1.807) is 0 Å². The molecule has 0 bridgehead atoms. The van der Waals surface area contributed by atoms with E-state index in [-0.39, 0.29) is 16.8 Å².